The predicted molar refractivity (Wildman–Crippen MR) is 70.4 cm³/mol. The Morgan fingerprint density at radius 2 is 1.83 bits per heavy atom. The molecule has 0 unspecified atom stereocenters. The van der Waals surface area contributed by atoms with Crippen molar-refractivity contribution in [3.63, 3.8) is 0 Å². The van der Waals surface area contributed by atoms with Gasteiger partial charge in [-0.3, -0.25) is 4.79 Å². The number of likely N-dealkylation sites (N-methyl/N-ethyl adjacent to an activating group) is 1. The molecular formula is C12H24N4O2. The van der Waals surface area contributed by atoms with Gasteiger partial charge >= 0.3 is 6.03 Å². The van der Waals surface area contributed by atoms with Crippen molar-refractivity contribution < 1.29 is 9.59 Å². The fourth-order valence-electron chi connectivity index (χ4n) is 1.71. The zero-order chi connectivity index (χ0) is 13.8. The topological polar surface area (TPSA) is 64.7 Å². The Balaban J connectivity index is 2.41. The van der Waals surface area contributed by atoms with Crippen LogP contribution in [0.4, 0.5) is 4.79 Å². The van der Waals surface area contributed by atoms with Gasteiger partial charge in [0.15, 0.2) is 0 Å². The minimum absolute atomic E-state index is 0.00283. The normalized spacial score (nSPS) is 16.3. The molecule has 0 aliphatic carbocycles. The number of hydrogen-bond donors (Lipinski definition) is 2. The maximum absolute atomic E-state index is 12.0. The minimum Gasteiger partial charge on any atom is -0.339 e. The largest absolute Gasteiger partial charge is 0.339 e. The number of carbonyl (C=O) groups excluding carboxylic acids is 2. The Bertz CT molecular complexity index is 306. The monoisotopic (exact) mass is 256 g/mol. The zero-order valence-electron chi connectivity index (χ0n) is 11.7. The van der Waals surface area contributed by atoms with Gasteiger partial charge in [0.1, 0.15) is 6.54 Å². The molecule has 3 amide bonds. The summed E-state index contributed by atoms with van der Waals surface area (Å²) in [4.78, 5) is 27.0. The molecule has 0 bridgehead atoms. The Hall–Kier alpha value is -1.30. The number of carbonyl (C=O) groups is 2. The summed E-state index contributed by atoms with van der Waals surface area (Å²) < 4.78 is 0. The van der Waals surface area contributed by atoms with Crippen molar-refractivity contribution in [1.29, 1.82) is 0 Å². The van der Waals surface area contributed by atoms with Crippen molar-refractivity contribution >= 4 is 11.9 Å². The van der Waals surface area contributed by atoms with E-state index in [1.165, 1.54) is 4.90 Å². The van der Waals surface area contributed by atoms with Crippen LogP contribution in [0, 0.1) is 0 Å². The van der Waals surface area contributed by atoms with Crippen molar-refractivity contribution in [3.05, 3.63) is 0 Å². The molecule has 0 aromatic rings. The molecule has 1 saturated heterocycles. The van der Waals surface area contributed by atoms with E-state index >= 15 is 0 Å². The average Bonchev–Trinajstić information content (AvgIpc) is 2.27. The summed E-state index contributed by atoms with van der Waals surface area (Å²) >= 11 is 0. The molecule has 0 saturated carbocycles. The summed E-state index contributed by atoms with van der Waals surface area (Å²) in [7, 11) is 1.64. The Morgan fingerprint density at radius 3 is 2.33 bits per heavy atom. The highest BCUT2D eigenvalue weighted by Crippen LogP contribution is 2.01. The zero-order valence-corrected chi connectivity index (χ0v) is 11.7. The average molecular weight is 256 g/mol. The molecule has 1 rings (SSSR count). The molecule has 1 heterocycles. The molecule has 18 heavy (non-hydrogen) atoms. The lowest BCUT2D eigenvalue weighted by Gasteiger charge is -2.30. The van der Waals surface area contributed by atoms with Crippen LogP contribution in [0.2, 0.25) is 0 Å². The quantitative estimate of drug-likeness (QED) is 0.722. The number of rotatable bonds is 2. The Morgan fingerprint density at radius 1 is 1.28 bits per heavy atom. The smallest absolute Gasteiger partial charge is 0.318 e. The van der Waals surface area contributed by atoms with Crippen LogP contribution in [0.25, 0.3) is 0 Å². The number of urea groups is 1. The second kappa shape index (κ2) is 6.04. The van der Waals surface area contributed by atoms with Gasteiger partial charge in [-0.25, -0.2) is 4.79 Å². The van der Waals surface area contributed by atoms with E-state index in [0.717, 1.165) is 13.1 Å². The van der Waals surface area contributed by atoms with Crippen molar-refractivity contribution in [1.82, 2.24) is 20.4 Å². The van der Waals surface area contributed by atoms with Gasteiger partial charge in [-0.15, -0.1) is 0 Å². The second-order valence-electron chi connectivity index (χ2n) is 5.67. The van der Waals surface area contributed by atoms with Crippen molar-refractivity contribution in [2.24, 2.45) is 0 Å². The van der Waals surface area contributed by atoms with Gasteiger partial charge in [0.25, 0.3) is 0 Å². The Kier molecular flexibility index (Phi) is 4.95. The van der Waals surface area contributed by atoms with Crippen molar-refractivity contribution in [2.75, 3.05) is 39.8 Å². The third-order valence-corrected chi connectivity index (χ3v) is 2.67. The van der Waals surface area contributed by atoms with Crippen LogP contribution in [0.1, 0.15) is 20.8 Å². The number of amides is 3. The SMILES string of the molecule is CN(CC(=O)N1CCNCC1)C(=O)NC(C)(C)C. The molecule has 0 spiro atoms. The molecular weight excluding hydrogens is 232 g/mol. The van der Waals surface area contributed by atoms with E-state index in [-0.39, 0.29) is 24.0 Å². The van der Waals surface area contributed by atoms with Crippen LogP contribution in [0.15, 0.2) is 0 Å². The van der Waals surface area contributed by atoms with Crippen molar-refractivity contribution in [2.45, 2.75) is 26.3 Å². The molecule has 0 aromatic carbocycles. The second-order valence-corrected chi connectivity index (χ2v) is 5.67. The van der Waals surface area contributed by atoms with E-state index in [0.29, 0.717) is 13.1 Å². The van der Waals surface area contributed by atoms with E-state index in [4.69, 9.17) is 0 Å². The minimum atomic E-state index is -0.288. The third-order valence-electron chi connectivity index (χ3n) is 2.67. The number of piperazine rings is 1. The fourth-order valence-corrected chi connectivity index (χ4v) is 1.71. The van der Waals surface area contributed by atoms with Gasteiger partial charge < -0.3 is 20.4 Å². The number of hydrogen-bond acceptors (Lipinski definition) is 3. The summed E-state index contributed by atoms with van der Waals surface area (Å²) in [5, 5.41) is 6.02. The molecule has 6 heteroatoms. The van der Waals surface area contributed by atoms with E-state index in [2.05, 4.69) is 10.6 Å². The van der Waals surface area contributed by atoms with Gasteiger partial charge in [0.2, 0.25) is 5.91 Å². The highest BCUT2D eigenvalue weighted by molar-refractivity contribution is 5.84. The number of nitrogens with one attached hydrogen (secondary N) is 2. The van der Waals surface area contributed by atoms with Crippen LogP contribution < -0.4 is 10.6 Å². The summed E-state index contributed by atoms with van der Waals surface area (Å²) in [6, 6.07) is -0.217. The van der Waals surface area contributed by atoms with Crippen LogP contribution in [-0.2, 0) is 4.79 Å². The molecule has 0 atom stereocenters. The molecule has 1 aliphatic heterocycles. The third kappa shape index (κ3) is 4.91. The van der Waals surface area contributed by atoms with Gasteiger partial charge in [-0.2, -0.15) is 0 Å². The maximum Gasteiger partial charge on any atom is 0.318 e. The molecule has 2 N–H and O–H groups in total. The van der Waals surface area contributed by atoms with Crippen LogP contribution in [-0.4, -0.2) is 67.0 Å². The van der Waals surface area contributed by atoms with Crippen molar-refractivity contribution in [3.8, 4) is 0 Å². The lowest BCUT2D eigenvalue weighted by atomic mass is 10.1. The van der Waals surface area contributed by atoms with E-state index < -0.39 is 0 Å². The molecule has 1 aliphatic rings. The van der Waals surface area contributed by atoms with Gasteiger partial charge in [0.05, 0.1) is 0 Å². The van der Waals surface area contributed by atoms with Crippen LogP contribution >= 0.6 is 0 Å². The van der Waals surface area contributed by atoms with E-state index in [1.807, 2.05) is 20.8 Å². The first kappa shape index (κ1) is 14.8. The molecule has 104 valence electrons. The fraction of sp³-hybridized carbons (Fsp3) is 0.833. The molecule has 0 aromatic heterocycles. The van der Waals surface area contributed by atoms with Gasteiger partial charge in [-0.05, 0) is 20.8 Å². The van der Waals surface area contributed by atoms with Gasteiger partial charge in [-0.1, -0.05) is 0 Å². The lowest BCUT2D eigenvalue weighted by Crippen LogP contribution is -2.52. The van der Waals surface area contributed by atoms with Crippen LogP contribution in [0.3, 0.4) is 0 Å². The Labute approximate surface area is 109 Å². The number of nitrogens with zero attached hydrogens (tertiary/aromatic N) is 2. The summed E-state index contributed by atoms with van der Waals surface area (Å²) in [5.41, 5.74) is -0.288. The van der Waals surface area contributed by atoms with Crippen LogP contribution in [0.5, 0.6) is 0 Å². The highest BCUT2D eigenvalue weighted by Gasteiger charge is 2.22. The summed E-state index contributed by atoms with van der Waals surface area (Å²) in [6.07, 6.45) is 0. The highest BCUT2D eigenvalue weighted by atomic mass is 16.2. The first-order valence-electron chi connectivity index (χ1n) is 6.31. The molecule has 1 fully saturated rings. The van der Waals surface area contributed by atoms with E-state index in [9.17, 15) is 9.59 Å². The lowest BCUT2D eigenvalue weighted by molar-refractivity contribution is -0.132. The first-order chi connectivity index (χ1) is 8.29. The standard InChI is InChI=1S/C12H24N4O2/c1-12(2,3)14-11(18)15(4)9-10(17)16-7-5-13-6-8-16/h13H,5-9H2,1-4H3,(H,14,18). The predicted octanol–water partition coefficient (Wildman–Crippen LogP) is -0.142. The first-order valence-corrected chi connectivity index (χ1v) is 6.31. The van der Waals surface area contributed by atoms with E-state index in [1.54, 1.807) is 11.9 Å². The summed E-state index contributed by atoms with van der Waals surface area (Å²) in [5.74, 6) is 0.00283. The van der Waals surface area contributed by atoms with Gasteiger partial charge in [0, 0.05) is 38.8 Å². The molecule has 6 nitrogen and oxygen atoms in total. The summed E-state index contributed by atoms with van der Waals surface area (Å²) in [6.45, 7) is 8.95. The maximum atomic E-state index is 12.0. The molecule has 0 radical (unpaired) electrons.